The predicted molar refractivity (Wildman–Crippen MR) is 68.8 cm³/mol. The molecule has 1 fully saturated rings. The molecule has 1 saturated heterocycles. The number of carbonyl (C=O) groups excluding carboxylic acids is 1. The molecule has 1 aliphatic heterocycles. The number of carboxylic acid groups (broad SMARTS) is 1. The number of hydrogen-bond acceptors (Lipinski definition) is 3. The average Bonchev–Trinajstić information content (AvgIpc) is 2.88. The van der Waals surface area contributed by atoms with Crippen LogP contribution < -0.4 is 0 Å². The van der Waals surface area contributed by atoms with E-state index >= 15 is 0 Å². The maximum Gasteiger partial charge on any atom is 0.326 e. The summed E-state index contributed by atoms with van der Waals surface area (Å²) in [6, 6.07) is 6.45. The fraction of sp³-hybridized carbons (Fsp3) is 0.429. The maximum absolute atomic E-state index is 12.5. The van der Waals surface area contributed by atoms with Crippen LogP contribution in [0.15, 0.2) is 24.3 Å². The second-order valence-electron chi connectivity index (χ2n) is 4.58. The zero-order valence-corrected chi connectivity index (χ0v) is 10.8. The van der Waals surface area contributed by atoms with Gasteiger partial charge in [-0.05, 0) is 24.5 Å². The Kier molecular flexibility index (Phi) is 4.16. The molecule has 102 valence electrons. The van der Waals surface area contributed by atoms with E-state index in [1.165, 1.54) is 4.90 Å². The monoisotopic (exact) mass is 263 g/mol. The van der Waals surface area contributed by atoms with Crippen molar-refractivity contribution in [2.75, 3.05) is 13.7 Å². The van der Waals surface area contributed by atoms with E-state index in [1.807, 2.05) is 12.1 Å². The summed E-state index contributed by atoms with van der Waals surface area (Å²) in [5.41, 5.74) is 1.31. The minimum absolute atomic E-state index is 0.224. The zero-order chi connectivity index (χ0) is 13.8. The van der Waals surface area contributed by atoms with Crippen molar-refractivity contribution in [2.45, 2.75) is 25.5 Å². The van der Waals surface area contributed by atoms with Gasteiger partial charge in [0, 0.05) is 19.2 Å². The largest absolute Gasteiger partial charge is 0.480 e. The van der Waals surface area contributed by atoms with E-state index in [1.54, 1.807) is 19.2 Å². The third-order valence-corrected chi connectivity index (χ3v) is 3.35. The number of carbonyl (C=O) groups is 2. The standard InChI is InChI=1S/C14H17NO4/c1-19-9-10-5-2-3-6-11(10)13(16)15-8-4-7-12(15)14(17)18/h2-3,5-6,12H,4,7-9H2,1H3,(H,17,18). The Hall–Kier alpha value is -1.88. The van der Waals surface area contributed by atoms with Crippen LogP contribution in [-0.4, -0.2) is 41.6 Å². The van der Waals surface area contributed by atoms with Gasteiger partial charge in [0.05, 0.1) is 6.61 Å². The molecule has 1 aliphatic rings. The second-order valence-corrected chi connectivity index (χ2v) is 4.58. The van der Waals surface area contributed by atoms with Crippen molar-refractivity contribution >= 4 is 11.9 Å². The van der Waals surface area contributed by atoms with E-state index in [0.717, 1.165) is 12.0 Å². The van der Waals surface area contributed by atoms with Crippen molar-refractivity contribution in [1.29, 1.82) is 0 Å². The summed E-state index contributed by atoms with van der Waals surface area (Å²) >= 11 is 0. The second kappa shape index (κ2) is 5.84. The lowest BCUT2D eigenvalue weighted by Gasteiger charge is -2.22. The smallest absolute Gasteiger partial charge is 0.326 e. The molecular weight excluding hydrogens is 246 g/mol. The molecule has 5 heteroatoms. The molecule has 0 aromatic heterocycles. The fourth-order valence-electron chi connectivity index (χ4n) is 2.43. The van der Waals surface area contributed by atoms with Crippen LogP contribution in [0.5, 0.6) is 0 Å². The first kappa shape index (κ1) is 13.5. The highest BCUT2D eigenvalue weighted by Gasteiger charge is 2.34. The molecular formula is C14H17NO4. The van der Waals surface area contributed by atoms with Crippen molar-refractivity contribution in [3.05, 3.63) is 35.4 Å². The van der Waals surface area contributed by atoms with Gasteiger partial charge in [0.25, 0.3) is 5.91 Å². The summed E-state index contributed by atoms with van der Waals surface area (Å²) in [7, 11) is 1.57. The van der Waals surface area contributed by atoms with Crippen LogP contribution in [0, 0.1) is 0 Å². The van der Waals surface area contributed by atoms with Crippen LogP contribution in [0.25, 0.3) is 0 Å². The van der Waals surface area contributed by atoms with Gasteiger partial charge in [-0.1, -0.05) is 18.2 Å². The first-order valence-corrected chi connectivity index (χ1v) is 6.25. The summed E-state index contributed by atoms with van der Waals surface area (Å²) in [5, 5.41) is 9.13. The summed E-state index contributed by atoms with van der Waals surface area (Å²) in [5.74, 6) is -1.16. The third-order valence-electron chi connectivity index (χ3n) is 3.35. The molecule has 0 saturated carbocycles. The van der Waals surface area contributed by atoms with E-state index in [2.05, 4.69) is 0 Å². The highest BCUT2D eigenvalue weighted by atomic mass is 16.5. The average molecular weight is 263 g/mol. The van der Waals surface area contributed by atoms with Gasteiger partial charge in [-0.2, -0.15) is 0 Å². The summed E-state index contributed by atoms with van der Waals surface area (Å²) < 4.78 is 5.07. The minimum atomic E-state index is -0.935. The number of nitrogens with zero attached hydrogens (tertiary/aromatic N) is 1. The number of likely N-dealkylation sites (tertiary alicyclic amines) is 1. The lowest BCUT2D eigenvalue weighted by atomic mass is 10.1. The molecule has 0 bridgehead atoms. The number of carboxylic acids is 1. The van der Waals surface area contributed by atoms with Crippen LogP contribution in [0.1, 0.15) is 28.8 Å². The van der Waals surface area contributed by atoms with Crippen molar-refractivity contribution in [2.24, 2.45) is 0 Å². The molecule has 1 heterocycles. The Labute approximate surface area is 111 Å². The Morgan fingerprint density at radius 1 is 1.42 bits per heavy atom. The van der Waals surface area contributed by atoms with Crippen LogP contribution >= 0.6 is 0 Å². The molecule has 1 atom stereocenters. The van der Waals surface area contributed by atoms with Crippen LogP contribution in [-0.2, 0) is 16.1 Å². The van der Waals surface area contributed by atoms with Gasteiger partial charge in [0.1, 0.15) is 6.04 Å². The van der Waals surface area contributed by atoms with Gasteiger partial charge < -0.3 is 14.7 Å². The molecule has 0 spiro atoms. The molecule has 2 rings (SSSR count). The molecule has 1 aromatic rings. The number of benzene rings is 1. The maximum atomic E-state index is 12.5. The third kappa shape index (κ3) is 2.76. The molecule has 0 aliphatic carbocycles. The van der Waals surface area contributed by atoms with E-state index in [0.29, 0.717) is 25.1 Å². The predicted octanol–water partition coefficient (Wildman–Crippen LogP) is 1.52. The highest BCUT2D eigenvalue weighted by molar-refractivity contribution is 5.98. The van der Waals surface area contributed by atoms with Gasteiger partial charge in [-0.3, -0.25) is 4.79 Å². The molecule has 1 aromatic carbocycles. The van der Waals surface area contributed by atoms with Crippen LogP contribution in [0.2, 0.25) is 0 Å². The lowest BCUT2D eigenvalue weighted by molar-refractivity contribution is -0.141. The number of rotatable bonds is 4. The number of amides is 1. The summed E-state index contributed by atoms with van der Waals surface area (Å²) in [6.45, 7) is 0.838. The van der Waals surface area contributed by atoms with Gasteiger partial charge in [-0.25, -0.2) is 4.79 Å². The Morgan fingerprint density at radius 3 is 2.84 bits per heavy atom. The number of methoxy groups -OCH3 is 1. The van der Waals surface area contributed by atoms with E-state index < -0.39 is 12.0 Å². The molecule has 5 nitrogen and oxygen atoms in total. The van der Waals surface area contributed by atoms with Crippen LogP contribution in [0.4, 0.5) is 0 Å². The Balaban J connectivity index is 2.26. The lowest BCUT2D eigenvalue weighted by Crippen LogP contribution is -2.40. The van der Waals surface area contributed by atoms with Gasteiger partial charge >= 0.3 is 5.97 Å². The summed E-state index contributed by atoms with van der Waals surface area (Å²) in [4.78, 5) is 25.0. The summed E-state index contributed by atoms with van der Waals surface area (Å²) in [6.07, 6.45) is 1.25. The van der Waals surface area contributed by atoms with E-state index in [9.17, 15) is 9.59 Å². The van der Waals surface area contributed by atoms with Gasteiger partial charge in [-0.15, -0.1) is 0 Å². The normalized spacial score (nSPS) is 18.6. The number of ether oxygens (including phenoxy) is 1. The molecule has 1 N–H and O–H groups in total. The number of hydrogen-bond donors (Lipinski definition) is 1. The quantitative estimate of drug-likeness (QED) is 0.894. The van der Waals surface area contributed by atoms with Crippen molar-refractivity contribution < 1.29 is 19.4 Å². The molecule has 19 heavy (non-hydrogen) atoms. The molecule has 1 unspecified atom stereocenters. The van der Waals surface area contributed by atoms with E-state index in [-0.39, 0.29) is 5.91 Å². The van der Waals surface area contributed by atoms with Crippen LogP contribution in [0.3, 0.4) is 0 Å². The highest BCUT2D eigenvalue weighted by Crippen LogP contribution is 2.22. The van der Waals surface area contributed by atoms with Gasteiger partial charge in [0.2, 0.25) is 0 Å². The van der Waals surface area contributed by atoms with Crippen molar-refractivity contribution in [3.8, 4) is 0 Å². The van der Waals surface area contributed by atoms with Gasteiger partial charge in [0.15, 0.2) is 0 Å². The van der Waals surface area contributed by atoms with Crippen molar-refractivity contribution in [1.82, 2.24) is 4.90 Å². The Bertz CT molecular complexity index is 486. The number of aliphatic carboxylic acids is 1. The van der Waals surface area contributed by atoms with Crippen molar-refractivity contribution in [3.63, 3.8) is 0 Å². The molecule has 1 amide bonds. The first-order chi connectivity index (χ1) is 9.15. The Morgan fingerprint density at radius 2 is 2.16 bits per heavy atom. The van der Waals surface area contributed by atoms with E-state index in [4.69, 9.17) is 9.84 Å². The SMILES string of the molecule is COCc1ccccc1C(=O)N1CCCC1C(=O)O. The topological polar surface area (TPSA) is 66.8 Å². The fourth-order valence-corrected chi connectivity index (χ4v) is 2.43. The molecule has 0 radical (unpaired) electrons. The zero-order valence-electron chi connectivity index (χ0n) is 10.8. The first-order valence-electron chi connectivity index (χ1n) is 6.25. The minimum Gasteiger partial charge on any atom is -0.480 e.